The van der Waals surface area contributed by atoms with Crippen LogP contribution in [0, 0.1) is 5.82 Å². The molecule has 4 heteroatoms. The number of hydrogen-bond acceptors (Lipinski definition) is 2. The largest absolute Gasteiger partial charge is 0.326 e. The van der Waals surface area contributed by atoms with Gasteiger partial charge in [-0.3, -0.25) is 4.79 Å². The Bertz CT molecular complexity index is 940. The minimum Gasteiger partial charge on any atom is -0.326 e. The fourth-order valence-electron chi connectivity index (χ4n) is 3.12. The van der Waals surface area contributed by atoms with Crippen molar-refractivity contribution in [3.05, 3.63) is 95.3 Å². The van der Waals surface area contributed by atoms with Crippen molar-refractivity contribution < 1.29 is 9.18 Å². The summed E-state index contributed by atoms with van der Waals surface area (Å²) in [6.07, 6.45) is 0.729. The molecule has 1 amide bonds. The summed E-state index contributed by atoms with van der Waals surface area (Å²) >= 11 is 0. The average molecular weight is 344 g/mol. The van der Waals surface area contributed by atoms with Crippen molar-refractivity contribution in [2.75, 3.05) is 5.32 Å². The molecule has 1 heterocycles. The molecule has 0 unspecified atom stereocenters. The molecule has 3 nitrogen and oxygen atoms in total. The van der Waals surface area contributed by atoms with Gasteiger partial charge in [0.2, 0.25) is 5.91 Å². The van der Waals surface area contributed by atoms with Gasteiger partial charge in [0.1, 0.15) is 5.82 Å². The van der Waals surface area contributed by atoms with E-state index in [0.29, 0.717) is 29.8 Å². The van der Waals surface area contributed by atoms with Gasteiger partial charge in [0, 0.05) is 28.8 Å². The van der Waals surface area contributed by atoms with Crippen molar-refractivity contribution in [3.63, 3.8) is 0 Å². The second-order valence-corrected chi connectivity index (χ2v) is 6.19. The van der Waals surface area contributed by atoms with Crippen LogP contribution in [0.1, 0.15) is 23.1 Å². The van der Waals surface area contributed by atoms with Crippen LogP contribution in [0.25, 0.3) is 0 Å². The molecule has 0 radical (unpaired) electrons. The molecule has 1 N–H and O–H groups in total. The fourth-order valence-corrected chi connectivity index (χ4v) is 3.12. The highest BCUT2D eigenvalue weighted by molar-refractivity contribution is 6.14. The molecule has 0 saturated heterocycles. The molecular formula is C22H17FN2O. The zero-order valence-electron chi connectivity index (χ0n) is 14.1. The van der Waals surface area contributed by atoms with Crippen LogP contribution in [0.3, 0.4) is 0 Å². The van der Waals surface area contributed by atoms with E-state index in [9.17, 15) is 9.18 Å². The summed E-state index contributed by atoms with van der Waals surface area (Å²) in [5.41, 5.74) is 4.19. The van der Waals surface area contributed by atoms with E-state index in [1.54, 1.807) is 6.07 Å². The number of fused-ring (bicyclic) bond motifs is 1. The molecule has 0 saturated carbocycles. The molecular weight excluding hydrogens is 327 g/mol. The van der Waals surface area contributed by atoms with E-state index in [0.717, 1.165) is 16.8 Å². The van der Waals surface area contributed by atoms with Crippen molar-refractivity contribution in [1.29, 1.82) is 0 Å². The van der Waals surface area contributed by atoms with Crippen LogP contribution >= 0.6 is 0 Å². The summed E-state index contributed by atoms with van der Waals surface area (Å²) in [5.74, 6) is -0.425. The van der Waals surface area contributed by atoms with Gasteiger partial charge in [0.25, 0.3) is 0 Å². The van der Waals surface area contributed by atoms with Crippen molar-refractivity contribution >= 4 is 23.0 Å². The van der Waals surface area contributed by atoms with E-state index in [4.69, 9.17) is 4.99 Å². The minimum atomic E-state index is -0.332. The van der Waals surface area contributed by atoms with E-state index in [2.05, 4.69) is 5.32 Å². The Morgan fingerprint density at radius 1 is 0.885 bits per heavy atom. The lowest BCUT2D eigenvalue weighted by Crippen LogP contribution is -2.19. The average Bonchev–Trinajstić information content (AvgIpc) is 2.67. The van der Waals surface area contributed by atoms with Crippen molar-refractivity contribution in [2.45, 2.75) is 12.8 Å². The van der Waals surface area contributed by atoms with Crippen molar-refractivity contribution in [1.82, 2.24) is 0 Å². The molecule has 0 aromatic heterocycles. The maximum atomic E-state index is 14.5. The summed E-state index contributed by atoms with van der Waals surface area (Å²) in [6.45, 7) is 0. The predicted molar refractivity (Wildman–Crippen MR) is 102 cm³/mol. The van der Waals surface area contributed by atoms with Crippen LogP contribution in [-0.2, 0) is 11.2 Å². The summed E-state index contributed by atoms with van der Waals surface area (Å²) < 4.78 is 14.5. The first kappa shape index (κ1) is 16.2. The number of aliphatic imine (C=N–C) groups is 1. The van der Waals surface area contributed by atoms with Gasteiger partial charge in [0.05, 0.1) is 11.4 Å². The van der Waals surface area contributed by atoms with Crippen LogP contribution in [-0.4, -0.2) is 11.6 Å². The number of carbonyl (C=O) groups excluding carboxylic acids is 1. The van der Waals surface area contributed by atoms with E-state index >= 15 is 0 Å². The Labute approximate surface area is 151 Å². The summed E-state index contributed by atoms with van der Waals surface area (Å²) in [7, 11) is 0. The third-order valence-corrected chi connectivity index (χ3v) is 4.39. The van der Waals surface area contributed by atoms with Gasteiger partial charge in [-0.25, -0.2) is 9.38 Å². The Hall–Kier alpha value is -3.27. The number of nitrogens with zero attached hydrogens (tertiary/aromatic N) is 1. The molecule has 0 spiro atoms. The van der Waals surface area contributed by atoms with Crippen LogP contribution < -0.4 is 5.32 Å². The van der Waals surface area contributed by atoms with E-state index < -0.39 is 0 Å². The number of nitrogens with one attached hydrogen (secondary N) is 1. The molecule has 3 aromatic rings. The first-order valence-corrected chi connectivity index (χ1v) is 8.52. The van der Waals surface area contributed by atoms with Crippen molar-refractivity contribution in [3.8, 4) is 0 Å². The SMILES string of the molecule is O=C1CCc2c(F)cc(N=C(c3ccccc3)c3ccccc3)cc2N1. The normalized spacial score (nSPS) is 12.9. The first-order chi connectivity index (χ1) is 12.7. The molecule has 26 heavy (non-hydrogen) atoms. The number of halogens is 1. The molecule has 0 fully saturated rings. The van der Waals surface area contributed by atoms with Gasteiger partial charge >= 0.3 is 0 Å². The maximum absolute atomic E-state index is 14.5. The zero-order chi connectivity index (χ0) is 17.9. The highest BCUT2D eigenvalue weighted by atomic mass is 19.1. The van der Waals surface area contributed by atoms with Gasteiger partial charge in [-0.2, -0.15) is 0 Å². The van der Waals surface area contributed by atoms with E-state index in [1.165, 1.54) is 6.07 Å². The second-order valence-electron chi connectivity index (χ2n) is 6.19. The van der Waals surface area contributed by atoms with Gasteiger partial charge < -0.3 is 5.32 Å². The Morgan fingerprint density at radius 3 is 2.12 bits per heavy atom. The molecule has 128 valence electrons. The molecule has 4 rings (SSSR count). The Balaban J connectivity index is 1.84. The summed E-state index contributed by atoms with van der Waals surface area (Å²) in [6, 6.07) is 22.7. The lowest BCUT2D eigenvalue weighted by Gasteiger charge is -2.18. The standard InChI is InChI=1S/C22H17FN2O/c23-19-13-17(14-20-18(19)11-12-21(26)25-20)24-22(15-7-3-1-4-8-15)16-9-5-2-6-10-16/h1-10,13-14H,11-12H2,(H,25,26). The minimum absolute atomic E-state index is 0.0932. The van der Waals surface area contributed by atoms with Crippen molar-refractivity contribution in [2.24, 2.45) is 4.99 Å². The second kappa shape index (κ2) is 6.92. The number of amides is 1. The number of carbonyl (C=O) groups is 1. The van der Waals surface area contributed by atoms with Crippen LogP contribution in [0.15, 0.2) is 77.8 Å². The highest BCUT2D eigenvalue weighted by Gasteiger charge is 2.19. The zero-order valence-corrected chi connectivity index (χ0v) is 14.1. The van der Waals surface area contributed by atoms with Crippen LogP contribution in [0.5, 0.6) is 0 Å². The van der Waals surface area contributed by atoms with Crippen LogP contribution in [0.2, 0.25) is 0 Å². The van der Waals surface area contributed by atoms with Crippen LogP contribution in [0.4, 0.5) is 15.8 Å². The molecule has 1 aliphatic heterocycles. The molecule has 0 atom stereocenters. The molecule has 1 aliphatic rings. The molecule has 0 aliphatic carbocycles. The highest BCUT2D eigenvalue weighted by Crippen LogP contribution is 2.31. The number of hydrogen-bond donors (Lipinski definition) is 1. The number of anilines is 1. The topological polar surface area (TPSA) is 41.5 Å². The predicted octanol–water partition coefficient (Wildman–Crippen LogP) is 4.88. The fraction of sp³-hybridized carbons (Fsp3) is 0.0909. The monoisotopic (exact) mass is 344 g/mol. The molecule has 0 bridgehead atoms. The van der Waals surface area contributed by atoms with Gasteiger partial charge in [-0.1, -0.05) is 60.7 Å². The smallest absolute Gasteiger partial charge is 0.224 e. The first-order valence-electron chi connectivity index (χ1n) is 8.52. The molecule has 3 aromatic carbocycles. The summed E-state index contributed by atoms with van der Waals surface area (Å²) in [4.78, 5) is 16.4. The lowest BCUT2D eigenvalue weighted by atomic mass is 10.0. The van der Waals surface area contributed by atoms with Gasteiger partial charge in [-0.15, -0.1) is 0 Å². The van der Waals surface area contributed by atoms with E-state index in [1.807, 2.05) is 60.7 Å². The number of benzene rings is 3. The van der Waals surface area contributed by atoms with Gasteiger partial charge in [0.15, 0.2) is 0 Å². The Kier molecular flexibility index (Phi) is 4.32. The maximum Gasteiger partial charge on any atom is 0.224 e. The third-order valence-electron chi connectivity index (χ3n) is 4.39. The number of rotatable bonds is 3. The lowest BCUT2D eigenvalue weighted by molar-refractivity contribution is -0.116. The van der Waals surface area contributed by atoms with E-state index in [-0.39, 0.29) is 11.7 Å². The third kappa shape index (κ3) is 3.26. The summed E-state index contributed by atoms with van der Waals surface area (Å²) in [5, 5.41) is 2.75. The Morgan fingerprint density at radius 2 is 1.50 bits per heavy atom. The van der Waals surface area contributed by atoms with Gasteiger partial charge in [-0.05, 0) is 18.6 Å². The quantitative estimate of drug-likeness (QED) is 0.676.